The Morgan fingerprint density at radius 2 is 1.86 bits per heavy atom. The summed E-state index contributed by atoms with van der Waals surface area (Å²) in [5.41, 5.74) is 10.4. The van der Waals surface area contributed by atoms with E-state index < -0.39 is 11.6 Å². The van der Waals surface area contributed by atoms with E-state index in [2.05, 4.69) is 16.4 Å². The van der Waals surface area contributed by atoms with Gasteiger partial charge in [-0.2, -0.15) is 0 Å². The van der Waals surface area contributed by atoms with Crippen molar-refractivity contribution in [3.63, 3.8) is 0 Å². The third-order valence-corrected chi connectivity index (χ3v) is 5.64. The van der Waals surface area contributed by atoms with Crippen LogP contribution in [0.2, 0.25) is 0 Å². The number of nitrogen functional groups attached to an aromatic ring is 1. The van der Waals surface area contributed by atoms with Crippen LogP contribution >= 0.6 is 0 Å². The zero-order valence-electron chi connectivity index (χ0n) is 16.2. The van der Waals surface area contributed by atoms with Crippen molar-refractivity contribution in [2.75, 3.05) is 36.8 Å². The number of halogens is 3. The van der Waals surface area contributed by atoms with Gasteiger partial charge >= 0.3 is 0 Å². The van der Waals surface area contributed by atoms with E-state index in [9.17, 15) is 13.2 Å². The Kier molecular flexibility index (Phi) is 5.37. The molecule has 4 rings (SSSR count). The second kappa shape index (κ2) is 7.95. The number of hydrogen-bond donors (Lipinski definition) is 1. The molecule has 29 heavy (non-hydrogen) atoms. The first kappa shape index (κ1) is 19.6. The molecule has 2 heterocycles. The fourth-order valence-electron chi connectivity index (χ4n) is 4.24. The number of anilines is 2. The van der Waals surface area contributed by atoms with Crippen molar-refractivity contribution in [1.29, 1.82) is 0 Å². The normalized spacial score (nSPS) is 17.1. The summed E-state index contributed by atoms with van der Waals surface area (Å²) in [5, 5.41) is 0. The first-order valence-corrected chi connectivity index (χ1v) is 9.82. The lowest BCUT2D eigenvalue weighted by atomic mass is 9.98. The molecule has 0 unspecified atom stereocenters. The van der Waals surface area contributed by atoms with Crippen molar-refractivity contribution in [2.45, 2.75) is 19.3 Å². The fourth-order valence-corrected chi connectivity index (χ4v) is 4.24. The summed E-state index contributed by atoms with van der Waals surface area (Å²) in [7, 11) is 0. The molecule has 6 heteroatoms. The van der Waals surface area contributed by atoms with Crippen molar-refractivity contribution in [3.05, 3.63) is 77.3 Å². The Hall–Kier alpha value is -2.73. The Bertz CT molecular complexity index is 984. The number of benzene rings is 2. The molecule has 0 aromatic heterocycles. The van der Waals surface area contributed by atoms with Gasteiger partial charge in [-0.15, -0.1) is 0 Å². The zero-order valence-corrected chi connectivity index (χ0v) is 16.2. The highest BCUT2D eigenvalue weighted by Crippen LogP contribution is 2.36. The molecule has 0 bridgehead atoms. The molecule has 0 fully saturated rings. The molecule has 0 saturated carbocycles. The summed E-state index contributed by atoms with van der Waals surface area (Å²) in [6.07, 6.45) is 4.30. The molecule has 3 nitrogen and oxygen atoms in total. The van der Waals surface area contributed by atoms with Gasteiger partial charge in [0.2, 0.25) is 0 Å². The molecule has 0 amide bonds. The number of nitrogens with two attached hydrogens (primary N) is 1. The van der Waals surface area contributed by atoms with Gasteiger partial charge in [-0.3, -0.25) is 4.90 Å². The molecule has 2 aromatic carbocycles. The fraction of sp³-hybridized carbons (Fsp3) is 0.304. The van der Waals surface area contributed by atoms with E-state index in [0.717, 1.165) is 54.5 Å². The molecule has 0 atom stereocenters. The number of hydrogen-bond acceptors (Lipinski definition) is 3. The van der Waals surface area contributed by atoms with Gasteiger partial charge in [0.25, 0.3) is 0 Å². The summed E-state index contributed by atoms with van der Waals surface area (Å²) >= 11 is 0. The van der Waals surface area contributed by atoms with Gasteiger partial charge in [0, 0.05) is 37.4 Å². The first-order chi connectivity index (χ1) is 13.9. The molecular formula is C23H24F3N3. The standard InChI is InChI=1S/C23H24F3N3/c1-15(29-8-2-3-17-11-19(25)13-22(27)23(17)29)14-28-9-6-16(7-10-28)20-12-18(24)4-5-21(20)26/h4-6,11-13H,1-3,7-10,14,27H2. The van der Waals surface area contributed by atoms with Crippen molar-refractivity contribution in [2.24, 2.45) is 0 Å². The molecular weight excluding hydrogens is 375 g/mol. The predicted octanol–water partition coefficient (Wildman–Crippen LogP) is 4.74. The van der Waals surface area contributed by atoms with Crippen LogP contribution in [-0.4, -0.2) is 31.1 Å². The minimum Gasteiger partial charge on any atom is -0.397 e. The topological polar surface area (TPSA) is 32.5 Å². The molecule has 0 aliphatic carbocycles. The van der Waals surface area contributed by atoms with Crippen LogP contribution in [0.25, 0.3) is 5.57 Å². The van der Waals surface area contributed by atoms with Gasteiger partial charge < -0.3 is 10.6 Å². The monoisotopic (exact) mass is 399 g/mol. The third kappa shape index (κ3) is 4.03. The Morgan fingerprint density at radius 1 is 1.03 bits per heavy atom. The van der Waals surface area contributed by atoms with E-state index >= 15 is 0 Å². The van der Waals surface area contributed by atoms with Gasteiger partial charge in [0.05, 0.1) is 11.4 Å². The molecule has 0 spiro atoms. The van der Waals surface area contributed by atoms with Crippen LogP contribution in [0.3, 0.4) is 0 Å². The minimum atomic E-state index is -0.434. The van der Waals surface area contributed by atoms with Gasteiger partial charge in [-0.05, 0) is 60.7 Å². The van der Waals surface area contributed by atoms with E-state index in [1.54, 1.807) is 6.07 Å². The average molecular weight is 399 g/mol. The van der Waals surface area contributed by atoms with E-state index in [-0.39, 0.29) is 5.82 Å². The van der Waals surface area contributed by atoms with Crippen LogP contribution in [0.1, 0.15) is 24.0 Å². The zero-order chi connectivity index (χ0) is 20.5. The van der Waals surface area contributed by atoms with E-state index in [1.807, 2.05) is 6.08 Å². The SMILES string of the molecule is C=C(CN1CC=C(c2cc(F)ccc2F)CC1)N1CCCc2cc(F)cc(N)c21. The Labute approximate surface area is 168 Å². The van der Waals surface area contributed by atoms with Crippen molar-refractivity contribution >= 4 is 16.9 Å². The second-order valence-electron chi connectivity index (χ2n) is 7.66. The smallest absolute Gasteiger partial charge is 0.130 e. The van der Waals surface area contributed by atoms with Crippen LogP contribution in [0.4, 0.5) is 24.5 Å². The summed E-state index contributed by atoms with van der Waals surface area (Å²) < 4.78 is 41.2. The van der Waals surface area contributed by atoms with E-state index in [4.69, 9.17) is 5.73 Å². The largest absolute Gasteiger partial charge is 0.397 e. The number of aryl methyl sites for hydroxylation is 1. The lowest BCUT2D eigenvalue weighted by molar-refractivity contribution is 0.324. The Morgan fingerprint density at radius 3 is 2.62 bits per heavy atom. The van der Waals surface area contributed by atoms with E-state index in [0.29, 0.717) is 30.8 Å². The van der Waals surface area contributed by atoms with E-state index in [1.165, 1.54) is 18.2 Å². The predicted molar refractivity (Wildman–Crippen MR) is 111 cm³/mol. The summed E-state index contributed by atoms with van der Waals surface area (Å²) in [4.78, 5) is 4.29. The van der Waals surface area contributed by atoms with Crippen molar-refractivity contribution < 1.29 is 13.2 Å². The van der Waals surface area contributed by atoms with Crippen LogP contribution in [0.15, 0.2) is 48.7 Å². The summed E-state index contributed by atoms with van der Waals surface area (Å²) in [6, 6.07) is 6.46. The maximum Gasteiger partial charge on any atom is 0.130 e. The highest BCUT2D eigenvalue weighted by molar-refractivity contribution is 5.75. The van der Waals surface area contributed by atoms with Crippen molar-refractivity contribution in [1.82, 2.24) is 4.90 Å². The lowest BCUT2D eigenvalue weighted by Gasteiger charge is -2.36. The van der Waals surface area contributed by atoms with Crippen LogP contribution in [-0.2, 0) is 6.42 Å². The molecule has 2 aliphatic heterocycles. The van der Waals surface area contributed by atoms with Crippen LogP contribution < -0.4 is 10.6 Å². The van der Waals surface area contributed by atoms with Crippen LogP contribution in [0.5, 0.6) is 0 Å². The summed E-state index contributed by atoms with van der Waals surface area (Å²) in [6.45, 7) is 7.02. The maximum atomic E-state index is 14.0. The molecule has 0 saturated heterocycles. The molecule has 0 radical (unpaired) electrons. The first-order valence-electron chi connectivity index (χ1n) is 9.82. The Balaban J connectivity index is 1.46. The minimum absolute atomic E-state index is 0.313. The molecule has 2 N–H and O–H groups in total. The van der Waals surface area contributed by atoms with Gasteiger partial charge in [0.1, 0.15) is 17.5 Å². The highest BCUT2D eigenvalue weighted by Gasteiger charge is 2.24. The lowest BCUT2D eigenvalue weighted by Crippen LogP contribution is -2.37. The quantitative estimate of drug-likeness (QED) is 0.754. The van der Waals surface area contributed by atoms with Gasteiger partial charge in [-0.1, -0.05) is 12.7 Å². The summed E-state index contributed by atoms with van der Waals surface area (Å²) in [5.74, 6) is -1.15. The van der Waals surface area contributed by atoms with Crippen molar-refractivity contribution in [3.8, 4) is 0 Å². The molecule has 152 valence electrons. The number of nitrogens with zero attached hydrogens (tertiary/aromatic N) is 2. The number of fused-ring (bicyclic) bond motifs is 1. The number of rotatable bonds is 4. The highest BCUT2D eigenvalue weighted by atomic mass is 19.1. The van der Waals surface area contributed by atoms with Gasteiger partial charge in [-0.25, -0.2) is 13.2 Å². The average Bonchev–Trinajstić information content (AvgIpc) is 2.69. The second-order valence-corrected chi connectivity index (χ2v) is 7.66. The maximum absolute atomic E-state index is 14.0. The third-order valence-electron chi connectivity index (χ3n) is 5.64. The molecule has 2 aliphatic rings. The van der Waals surface area contributed by atoms with Crippen LogP contribution in [0, 0.1) is 17.5 Å². The molecule has 2 aromatic rings. The van der Waals surface area contributed by atoms with Gasteiger partial charge in [0.15, 0.2) is 0 Å².